The van der Waals surface area contributed by atoms with Crippen molar-refractivity contribution in [3.63, 3.8) is 0 Å². The molecule has 1 aromatic heterocycles. The minimum atomic E-state index is 0.448. The van der Waals surface area contributed by atoms with Gasteiger partial charge in [-0.15, -0.1) is 11.3 Å². The molecule has 2 atom stereocenters. The van der Waals surface area contributed by atoms with Crippen molar-refractivity contribution in [2.75, 3.05) is 6.54 Å². The monoisotopic (exact) mass is 252 g/mol. The van der Waals surface area contributed by atoms with Crippen LogP contribution in [0.1, 0.15) is 43.0 Å². The van der Waals surface area contributed by atoms with Gasteiger partial charge in [-0.05, 0) is 55.2 Å². The molecule has 0 radical (unpaired) electrons. The molecular weight excluding hydrogens is 228 g/mol. The maximum Gasteiger partial charge on any atom is 0.0302 e. The lowest BCUT2D eigenvalue weighted by Gasteiger charge is -2.26. The fourth-order valence-corrected chi connectivity index (χ4v) is 3.69. The van der Waals surface area contributed by atoms with E-state index in [0.717, 1.165) is 25.4 Å². The van der Waals surface area contributed by atoms with Crippen LogP contribution in [0.5, 0.6) is 0 Å². The lowest BCUT2D eigenvalue weighted by atomic mass is 9.86. The molecule has 96 valence electrons. The Bertz CT molecular complexity index is 335. The second-order valence-electron chi connectivity index (χ2n) is 5.15. The third kappa shape index (κ3) is 3.80. The van der Waals surface area contributed by atoms with Crippen LogP contribution in [0.2, 0.25) is 0 Å². The summed E-state index contributed by atoms with van der Waals surface area (Å²) in [5.74, 6) is 0.795. The lowest BCUT2D eigenvalue weighted by Crippen LogP contribution is -2.33. The molecule has 1 aliphatic carbocycles. The SMILES string of the molecule is CCc1ccsc1CNCC1CCCC(N)C1. The number of hydrogen-bond acceptors (Lipinski definition) is 3. The normalized spacial score (nSPS) is 25.1. The first-order chi connectivity index (χ1) is 8.29. The van der Waals surface area contributed by atoms with Crippen molar-refractivity contribution in [1.29, 1.82) is 0 Å². The molecule has 0 bridgehead atoms. The maximum atomic E-state index is 6.01. The van der Waals surface area contributed by atoms with E-state index in [9.17, 15) is 0 Å². The molecule has 1 aromatic rings. The summed E-state index contributed by atoms with van der Waals surface area (Å²) < 4.78 is 0. The number of aryl methyl sites for hydroxylation is 1. The number of nitrogens with one attached hydrogen (secondary N) is 1. The number of rotatable bonds is 5. The van der Waals surface area contributed by atoms with Crippen molar-refractivity contribution in [2.24, 2.45) is 11.7 Å². The first-order valence-electron chi connectivity index (χ1n) is 6.81. The molecule has 0 aliphatic heterocycles. The van der Waals surface area contributed by atoms with Crippen LogP contribution in [0, 0.1) is 5.92 Å². The summed E-state index contributed by atoms with van der Waals surface area (Å²) in [6.07, 6.45) is 6.24. The summed E-state index contributed by atoms with van der Waals surface area (Å²) >= 11 is 1.87. The molecule has 1 fully saturated rings. The Morgan fingerprint density at radius 3 is 3.12 bits per heavy atom. The van der Waals surface area contributed by atoms with E-state index in [1.807, 2.05) is 11.3 Å². The molecular formula is C14H24N2S. The highest BCUT2D eigenvalue weighted by Gasteiger charge is 2.18. The van der Waals surface area contributed by atoms with Gasteiger partial charge in [0.15, 0.2) is 0 Å². The zero-order chi connectivity index (χ0) is 12.1. The van der Waals surface area contributed by atoms with Gasteiger partial charge in [0.25, 0.3) is 0 Å². The topological polar surface area (TPSA) is 38.0 Å². The Morgan fingerprint density at radius 1 is 1.47 bits per heavy atom. The highest BCUT2D eigenvalue weighted by Crippen LogP contribution is 2.23. The first kappa shape index (κ1) is 13.1. The van der Waals surface area contributed by atoms with E-state index in [1.54, 1.807) is 0 Å². The van der Waals surface area contributed by atoms with Gasteiger partial charge in [0.1, 0.15) is 0 Å². The smallest absolute Gasteiger partial charge is 0.0302 e. The molecule has 0 aromatic carbocycles. The summed E-state index contributed by atoms with van der Waals surface area (Å²) in [6, 6.07) is 2.70. The highest BCUT2D eigenvalue weighted by atomic mass is 32.1. The molecule has 2 nitrogen and oxygen atoms in total. The Morgan fingerprint density at radius 2 is 2.35 bits per heavy atom. The molecule has 3 N–H and O–H groups in total. The molecule has 1 heterocycles. The third-order valence-electron chi connectivity index (χ3n) is 3.76. The van der Waals surface area contributed by atoms with Crippen molar-refractivity contribution in [2.45, 2.75) is 51.6 Å². The maximum absolute atomic E-state index is 6.01. The van der Waals surface area contributed by atoms with Crippen molar-refractivity contribution in [3.05, 3.63) is 21.9 Å². The lowest BCUT2D eigenvalue weighted by molar-refractivity contribution is 0.310. The van der Waals surface area contributed by atoms with Gasteiger partial charge in [0, 0.05) is 17.5 Å². The van der Waals surface area contributed by atoms with E-state index in [0.29, 0.717) is 6.04 Å². The zero-order valence-corrected chi connectivity index (χ0v) is 11.6. The quantitative estimate of drug-likeness (QED) is 0.845. The molecule has 0 spiro atoms. The summed E-state index contributed by atoms with van der Waals surface area (Å²) in [6.45, 7) is 4.40. The van der Waals surface area contributed by atoms with Gasteiger partial charge in [-0.2, -0.15) is 0 Å². The van der Waals surface area contributed by atoms with E-state index in [1.165, 1.54) is 36.1 Å². The predicted octanol–water partition coefficient (Wildman–Crippen LogP) is 2.92. The van der Waals surface area contributed by atoms with E-state index >= 15 is 0 Å². The molecule has 3 heteroatoms. The van der Waals surface area contributed by atoms with Crippen LogP contribution in [-0.2, 0) is 13.0 Å². The summed E-state index contributed by atoms with van der Waals surface area (Å²) in [5, 5.41) is 5.81. The van der Waals surface area contributed by atoms with Crippen molar-refractivity contribution in [3.8, 4) is 0 Å². The van der Waals surface area contributed by atoms with Gasteiger partial charge in [-0.25, -0.2) is 0 Å². The minimum Gasteiger partial charge on any atom is -0.328 e. The van der Waals surface area contributed by atoms with Crippen molar-refractivity contribution in [1.82, 2.24) is 5.32 Å². The van der Waals surface area contributed by atoms with E-state index in [-0.39, 0.29) is 0 Å². The standard InChI is InChI=1S/C14H24N2S/c1-2-12-6-7-17-14(12)10-16-9-11-4-3-5-13(15)8-11/h6-7,11,13,16H,2-5,8-10,15H2,1H3. The van der Waals surface area contributed by atoms with Crippen molar-refractivity contribution >= 4 is 11.3 Å². The zero-order valence-electron chi connectivity index (χ0n) is 10.7. The Labute approximate surface area is 109 Å². The van der Waals surface area contributed by atoms with Gasteiger partial charge in [0.05, 0.1) is 0 Å². The largest absolute Gasteiger partial charge is 0.328 e. The average molecular weight is 252 g/mol. The van der Waals surface area contributed by atoms with Gasteiger partial charge in [-0.3, -0.25) is 0 Å². The van der Waals surface area contributed by atoms with E-state index < -0.39 is 0 Å². The van der Waals surface area contributed by atoms with Crippen LogP contribution in [0.25, 0.3) is 0 Å². The van der Waals surface area contributed by atoms with Crippen LogP contribution < -0.4 is 11.1 Å². The summed E-state index contributed by atoms with van der Waals surface area (Å²) in [4.78, 5) is 1.51. The summed E-state index contributed by atoms with van der Waals surface area (Å²) in [5.41, 5.74) is 7.51. The Kier molecular flexibility index (Phi) is 5.01. The Hall–Kier alpha value is -0.380. The molecule has 1 saturated carbocycles. The van der Waals surface area contributed by atoms with Crippen molar-refractivity contribution < 1.29 is 0 Å². The van der Waals surface area contributed by atoms with Crippen LogP contribution in [0.4, 0.5) is 0 Å². The average Bonchev–Trinajstić information content (AvgIpc) is 2.77. The fraction of sp³-hybridized carbons (Fsp3) is 0.714. The summed E-state index contributed by atoms with van der Waals surface area (Å²) in [7, 11) is 0. The second-order valence-corrected chi connectivity index (χ2v) is 6.15. The molecule has 17 heavy (non-hydrogen) atoms. The van der Waals surface area contributed by atoms with E-state index in [2.05, 4.69) is 23.7 Å². The number of nitrogens with two attached hydrogens (primary N) is 1. The second kappa shape index (κ2) is 6.53. The van der Waals surface area contributed by atoms with Crippen LogP contribution >= 0.6 is 11.3 Å². The Balaban J connectivity index is 1.72. The predicted molar refractivity (Wildman–Crippen MR) is 75.3 cm³/mol. The third-order valence-corrected chi connectivity index (χ3v) is 4.72. The number of thiophene rings is 1. The molecule has 2 unspecified atom stereocenters. The molecule has 0 amide bonds. The van der Waals surface area contributed by atoms with Crippen LogP contribution in [0.15, 0.2) is 11.4 Å². The highest BCUT2D eigenvalue weighted by molar-refractivity contribution is 7.10. The van der Waals surface area contributed by atoms with Crippen LogP contribution in [-0.4, -0.2) is 12.6 Å². The minimum absolute atomic E-state index is 0.448. The van der Waals surface area contributed by atoms with Crippen LogP contribution in [0.3, 0.4) is 0 Å². The van der Waals surface area contributed by atoms with Gasteiger partial charge < -0.3 is 11.1 Å². The van der Waals surface area contributed by atoms with Gasteiger partial charge >= 0.3 is 0 Å². The molecule has 0 saturated heterocycles. The molecule has 1 aliphatic rings. The fourth-order valence-electron chi connectivity index (χ4n) is 2.74. The molecule has 2 rings (SSSR count). The number of hydrogen-bond donors (Lipinski definition) is 2. The first-order valence-corrected chi connectivity index (χ1v) is 7.69. The van der Waals surface area contributed by atoms with Gasteiger partial charge in [0.2, 0.25) is 0 Å². The van der Waals surface area contributed by atoms with Gasteiger partial charge in [-0.1, -0.05) is 13.3 Å². The van der Waals surface area contributed by atoms with E-state index in [4.69, 9.17) is 5.73 Å².